The number of imidazole rings is 1. The molecule has 1 aliphatic carbocycles. The Kier molecular flexibility index (Phi) is 5.70. The van der Waals surface area contributed by atoms with E-state index in [9.17, 15) is 0 Å². The van der Waals surface area contributed by atoms with Gasteiger partial charge >= 0.3 is 0 Å². The quantitative estimate of drug-likeness (QED) is 0.670. The smallest absolute Gasteiger partial charge is 0.193 e. The maximum absolute atomic E-state index is 4.59. The third-order valence-corrected chi connectivity index (χ3v) is 6.50. The third kappa shape index (κ3) is 4.18. The van der Waals surface area contributed by atoms with Gasteiger partial charge < -0.3 is 14.8 Å². The summed E-state index contributed by atoms with van der Waals surface area (Å²) in [7, 11) is 1.91. The first-order valence-corrected chi connectivity index (χ1v) is 9.94. The van der Waals surface area contributed by atoms with Crippen molar-refractivity contribution in [3.05, 3.63) is 18.7 Å². The molecule has 0 spiro atoms. The van der Waals surface area contributed by atoms with Crippen LogP contribution >= 0.6 is 0 Å². The second-order valence-electron chi connectivity index (χ2n) is 8.66. The molecule has 1 aromatic heterocycles. The highest BCUT2D eigenvalue weighted by Gasteiger charge is 2.33. The molecule has 0 aromatic carbocycles. The van der Waals surface area contributed by atoms with Crippen LogP contribution in [-0.4, -0.2) is 47.1 Å². The summed E-state index contributed by atoms with van der Waals surface area (Å²) in [6, 6.07) is 0.470. The van der Waals surface area contributed by atoms with Gasteiger partial charge in [-0.3, -0.25) is 4.99 Å². The first kappa shape index (κ1) is 18.3. The van der Waals surface area contributed by atoms with Crippen LogP contribution in [0.2, 0.25) is 0 Å². The van der Waals surface area contributed by atoms with Gasteiger partial charge in [-0.2, -0.15) is 0 Å². The van der Waals surface area contributed by atoms with Crippen LogP contribution in [0, 0.1) is 17.3 Å². The average molecular weight is 346 g/mol. The van der Waals surface area contributed by atoms with Gasteiger partial charge in [0.1, 0.15) is 0 Å². The van der Waals surface area contributed by atoms with Crippen LogP contribution in [-0.2, 0) is 0 Å². The minimum Gasteiger partial charge on any atom is -0.356 e. The Balaban J connectivity index is 1.61. The highest BCUT2D eigenvalue weighted by Crippen LogP contribution is 2.39. The van der Waals surface area contributed by atoms with Gasteiger partial charge in [0.2, 0.25) is 0 Å². The molecule has 1 saturated carbocycles. The maximum atomic E-state index is 4.59. The zero-order chi connectivity index (χ0) is 17.9. The van der Waals surface area contributed by atoms with Crippen LogP contribution in [0.5, 0.6) is 0 Å². The molecule has 25 heavy (non-hydrogen) atoms. The van der Waals surface area contributed by atoms with Gasteiger partial charge in [0.05, 0.1) is 12.4 Å². The summed E-state index contributed by atoms with van der Waals surface area (Å²) >= 11 is 0. The third-order valence-electron chi connectivity index (χ3n) is 6.50. The summed E-state index contributed by atoms with van der Waals surface area (Å²) in [4.78, 5) is 11.2. The summed E-state index contributed by atoms with van der Waals surface area (Å²) in [6.07, 6.45) is 12.7. The molecule has 2 fully saturated rings. The molecule has 0 bridgehead atoms. The summed E-state index contributed by atoms with van der Waals surface area (Å²) in [5.74, 6) is 2.57. The fraction of sp³-hybridized carbons (Fsp3) is 0.800. The lowest BCUT2D eigenvalue weighted by Gasteiger charge is -2.40. The van der Waals surface area contributed by atoms with E-state index in [1.165, 1.54) is 32.1 Å². The molecule has 1 N–H and O–H groups in total. The highest BCUT2D eigenvalue weighted by atomic mass is 15.3. The number of hydrogen-bond acceptors (Lipinski definition) is 2. The van der Waals surface area contributed by atoms with E-state index in [2.05, 4.69) is 51.7 Å². The van der Waals surface area contributed by atoms with E-state index in [1.807, 2.05) is 19.6 Å². The minimum atomic E-state index is 0.333. The minimum absolute atomic E-state index is 0.333. The average Bonchev–Trinajstić information content (AvgIpc) is 3.30. The Hall–Kier alpha value is -1.52. The molecule has 1 saturated heterocycles. The van der Waals surface area contributed by atoms with Crippen LogP contribution in [0.1, 0.15) is 58.9 Å². The Bertz CT molecular complexity index is 557. The molecule has 5 heteroatoms. The van der Waals surface area contributed by atoms with Gasteiger partial charge in [-0.25, -0.2) is 4.98 Å². The van der Waals surface area contributed by atoms with E-state index in [4.69, 9.17) is 0 Å². The highest BCUT2D eigenvalue weighted by molar-refractivity contribution is 5.80. The zero-order valence-electron chi connectivity index (χ0n) is 16.4. The van der Waals surface area contributed by atoms with Gasteiger partial charge in [0.15, 0.2) is 5.96 Å². The van der Waals surface area contributed by atoms with Crippen molar-refractivity contribution < 1.29 is 0 Å². The Morgan fingerprint density at radius 2 is 2.04 bits per heavy atom. The van der Waals surface area contributed by atoms with Crippen LogP contribution in [0.4, 0.5) is 0 Å². The molecule has 2 atom stereocenters. The molecule has 2 unspecified atom stereocenters. The maximum Gasteiger partial charge on any atom is 0.193 e. The van der Waals surface area contributed by atoms with Crippen LogP contribution < -0.4 is 5.32 Å². The Morgan fingerprint density at radius 1 is 1.28 bits per heavy atom. The van der Waals surface area contributed by atoms with Crippen molar-refractivity contribution >= 4 is 5.96 Å². The first-order valence-electron chi connectivity index (χ1n) is 9.94. The number of nitrogens with one attached hydrogen (secondary N) is 1. The van der Waals surface area contributed by atoms with Crippen molar-refractivity contribution in [3.63, 3.8) is 0 Å². The molecule has 140 valence electrons. The molecule has 3 rings (SSSR count). The predicted molar refractivity (Wildman–Crippen MR) is 104 cm³/mol. The second-order valence-corrected chi connectivity index (χ2v) is 8.66. The van der Waals surface area contributed by atoms with Crippen molar-refractivity contribution in [2.75, 3.05) is 26.7 Å². The number of hydrogen-bond donors (Lipinski definition) is 1. The lowest BCUT2D eigenvalue weighted by molar-refractivity contribution is 0.181. The number of guanidine groups is 1. The van der Waals surface area contributed by atoms with Crippen molar-refractivity contribution in [1.29, 1.82) is 0 Å². The molecule has 2 heterocycles. The summed E-state index contributed by atoms with van der Waals surface area (Å²) < 4.78 is 2.26. The van der Waals surface area contributed by atoms with Crippen molar-refractivity contribution in [3.8, 4) is 0 Å². The molecular formula is C20H35N5. The van der Waals surface area contributed by atoms with E-state index < -0.39 is 0 Å². The van der Waals surface area contributed by atoms with Gasteiger partial charge in [-0.05, 0) is 36.5 Å². The summed E-state index contributed by atoms with van der Waals surface area (Å²) in [6.45, 7) is 10.3. The predicted octanol–water partition coefficient (Wildman–Crippen LogP) is 3.56. The van der Waals surface area contributed by atoms with E-state index >= 15 is 0 Å². The summed E-state index contributed by atoms with van der Waals surface area (Å²) in [5.41, 5.74) is 0.333. The molecule has 0 amide bonds. The number of aliphatic imine (C=N–C) groups is 1. The molecule has 2 aliphatic rings. The number of piperidine rings is 1. The molecule has 0 radical (unpaired) electrons. The normalized spacial score (nSPS) is 26.2. The lowest BCUT2D eigenvalue weighted by Crippen LogP contribution is -2.51. The van der Waals surface area contributed by atoms with Gasteiger partial charge in [-0.1, -0.05) is 33.6 Å². The molecule has 1 aliphatic heterocycles. The van der Waals surface area contributed by atoms with E-state index in [0.29, 0.717) is 17.4 Å². The Morgan fingerprint density at radius 3 is 2.68 bits per heavy atom. The number of rotatable bonds is 4. The fourth-order valence-electron chi connectivity index (χ4n) is 4.59. The molecular weight excluding hydrogens is 310 g/mol. The monoisotopic (exact) mass is 345 g/mol. The molecule has 1 aromatic rings. The molecule has 5 nitrogen and oxygen atoms in total. The zero-order valence-corrected chi connectivity index (χ0v) is 16.4. The lowest BCUT2D eigenvalue weighted by atomic mass is 9.78. The van der Waals surface area contributed by atoms with Crippen LogP contribution in [0.3, 0.4) is 0 Å². The number of aromatic nitrogens is 2. The van der Waals surface area contributed by atoms with Crippen LogP contribution in [0.15, 0.2) is 23.7 Å². The topological polar surface area (TPSA) is 45.5 Å². The Labute approximate surface area is 152 Å². The standard InChI is InChI=1S/C20H35N5/c1-16-9-11-24(13-18(16)25-12-10-22-15-25)19(21-4)23-14-20(2,3)17-7-5-6-8-17/h10,12,15-18H,5-9,11,13-14H2,1-4H3,(H,21,23). The SMILES string of the molecule is CN=C(NCC(C)(C)C1CCCC1)N1CCC(C)C(n2ccnc2)C1. The van der Waals surface area contributed by atoms with Crippen LogP contribution in [0.25, 0.3) is 0 Å². The number of nitrogens with zero attached hydrogens (tertiary/aromatic N) is 4. The van der Waals surface area contributed by atoms with E-state index in [-0.39, 0.29) is 0 Å². The largest absolute Gasteiger partial charge is 0.356 e. The first-order chi connectivity index (χ1) is 12.0. The van der Waals surface area contributed by atoms with E-state index in [0.717, 1.165) is 31.5 Å². The van der Waals surface area contributed by atoms with Gasteiger partial charge in [-0.15, -0.1) is 0 Å². The van der Waals surface area contributed by atoms with Crippen molar-refractivity contribution in [1.82, 2.24) is 19.8 Å². The van der Waals surface area contributed by atoms with Gasteiger partial charge in [0, 0.05) is 39.1 Å². The van der Waals surface area contributed by atoms with E-state index in [1.54, 1.807) is 0 Å². The number of likely N-dealkylation sites (tertiary alicyclic amines) is 1. The van der Waals surface area contributed by atoms with Crippen molar-refractivity contribution in [2.24, 2.45) is 22.2 Å². The summed E-state index contributed by atoms with van der Waals surface area (Å²) in [5, 5.41) is 3.69. The van der Waals surface area contributed by atoms with Crippen molar-refractivity contribution in [2.45, 2.75) is 58.9 Å². The second kappa shape index (κ2) is 7.79. The van der Waals surface area contributed by atoms with Gasteiger partial charge in [0.25, 0.3) is 0 Å². The fourth-order valence-corrected chi connectivity index (χ4v) is 4.59.